The SMILES string of the molecule is COc1cccc(-c2c(O)c3cc(-c4ccc(N5CCCC(O)C5)cc4)c(Cl)cc3[nH]c2=O)c1. The van der Waals surface area contributed by atoms with Crippen molar-refractivity contribution in [2.24, 2.45) is 0 Å². The van der Waals surface area contributed by atoms with E-state index >= 15 is 0 Å². The third-order valence-corrected chi connectivity index (χ3v) is 6.69. The van der Waals surface area contributed by atoms with E-state index < -0.39 is 5.56 Å². The van der Waals surface area contributed by atoms with Crippen molar-refractivity contribution in [2.45, 2.75) is 18.9 Å². The number of pyridine rings is 1. The van der Waals surface area contributed by atoms with Crippen LogP contribution in [0.15, 0.2) is 65.5 Å². The minimum absolute atomic E-state index is 0.108. The number of anilines is 1. The number of nitrogens with zero attached hydrogens (tertiary/aromatic N) is 1. The Morgan fingerprint density at radius 2 is 1.88 bits per heavy atom. The van der Waals surface area contributed by atoms with Gasteiger partial charge in [0, 0.05) is 29.7 Å². The zero-order chi connectivity index (χ0) is 23.8. The Morgan fingerprint density at radius 1 is 1.09 bits per heavy atom. The highest BCUT2D eigenvalue weighted by Crippen LogP contribution is 2.39. The van der Waals surface area contributed by atoms with E-state index in [1.165, 1.54) is 0 Å². The van der Waals surface area contributed by atoms with Crippen LogP contribution >= 0.6 is 11.6 Å². The Hall–Kier alpha value is -3.48. The number of aliphatic hydroxyl groups is 1. The molecule has 1 aromatic heterocycles. The largest absolute Gasteiger partial charge is 0.506 e. The number of aromatic nitrogens is 1. The predicted octanol–water partition coefficient (Wildman–Crippen LogP) is 5.19. The molecule has 7 heteroatoms. The molecule has 0 aliphatic carbocycles. The number of fused-ring (bicyclic) bond motifs is 1. The van der Waals surface area contributed by atoms with E-state index in [1.54, 1.807) is 43.5 Å². The predicted molar refractivity (Wildman–Crippen MR) is 136 cm³/mol. The molecule has 1 atom stereocenters. The summed E-state index contributed by atoms with van der Waals surface area (Å²) < 4.78 is 5.27. The molecule has 3 N–H and O–H groups in total. The second-order valence-corrected chi connectivity index (χ2v) is 8.98. The monoisotopic (exact) mass is 476 g/mol. The summed E-state index contributed by atoms with van der Waals surface area (Å²) in [6.07, 6.45) is 1.50. The van der Waals surface area contributed by atoms with Gasteiger partial charge in [-0.1, -0.05) is 35.9 Å². The van der Waals surface area contributed by atoms with Gasteiger partial charge in [0.15, 0.2) is 0 Å². The fourth-order valence-corrected chi connectivity index (χ4v) is 4.88. The van der Waals surface area contributed by atoms with E-state index in [0.717, 1.165) is 36.2 Å². The summed E-state index contributed by atoms with van der Waals surface area (Å²) in [6, 6.07) is 18.5. The average Bonchev–Trinajstić information content (AvgIpc) is 2.84. The van der Waals surface area contributed by atoms with Crippen molar-refractivity contribution in [3.05, 3.63) is 76.0 Å². The van der Waals surface area contributed by atoms with Gasteiger partial charge in [-0.25, -0.2) is 0 Å². The molecule has 34 heavy (non-hydrogen) atoms. The van der Waals surface area contributed by atoms with Crippen LogP contribution in [0.25, 0.3) is 33.2 Å². The topological polar surface area (TPSA) is 85.8 Å². The number of aromatic hydroxyl groups is 1. The van der Waals surface area contributed by atoms with E-state index in [4.69, 9.17) is 16.3 Å². The highest BCUT2D eigenvalue weighted by Gasteiger charge is 2.19. The molecule has 174 valence electrons. The molecule has 0 bridgehead atoms. The molecule has 1 fully saturated rings. The van der Waals surface area contributed by atoms with E-state index in [2.05, 4.69) is 9.88 Å². The van der Waals surface area contributed by atoms with Crippen LogP contribution in [-0.2, 0) is 0 Å². The highest BCUT2D eigenvalue weighted by atomic mass is 35.5. The summed E-state index contributed by atoms with van der Waals surface area (Å²) in [6.45, 7) is 1.55. The van der Waals surface area contributed by atoms with Crippen LogP contribution < -0.4 is 15.2 Å². The third-order valence-electron chi connectivity index (χ3n) is 6.37. The first-order chi connectivity index (χ1) is 16.4. The summed E-state index contributed by atoms with van der Waals surface area (Å²) in [7, 11) is 1.55. The summed E-state index contributed by atoms with van der Waals surface area (Å²) in [5, 5.41) is 22.1. The van der Waals surface area contributed by atoms with Crippen molar-refractivity contribution in [1.29, 1.82) is 0 Å². The van der Waals surface area contributed by atoms with Gasteiger partial charge in [0.1, 0.15) is 11.5 Å². The minimum Gasteiger partial charge on any atom is -0.506 e. The van der Waals surface area contributed by atoms with Crippen LogP contribution in [0.2, 0.25) is 5.02 Å². The number of aliphatic hydroxyl groups excluding tert-OH is 1. The molecule has 4 aromatic rings. The molecule has 1 unspecified atom stereocenters. The van der Waals surface area contributed by atoms with Crippen molar-refractivity contribution in [3.63, 3.8) is 0 Å². The Kier molecular flexibility index (Phi) is 5.94. The molecular weight excluding hydrogens is 452 g/mol. The lowest BCUT2D eigenvalue weighted by Gasteiger charge is -2.32. The molecular formula is C27H25ClN2O4. The van der Waals surface area contributed by atoms with Crippen molar-refractivity contribution in [2.75, 3.05) is 25.1 Å². The van der Waals surface area contributed by atoms with Gasteiger partial charge in [0.25, 0.3) is 5.56 Å². The van der Waals surface area contributed by atoms with E-state index in [1.807, 2.05) is 24.3 Å². The van der Waals surface area contributed by atoms with E-state index in [-0.39, 0.29) is 17.4 Å². The second kappa shape index (κ2) is 9.05. The normalized spacial score (nSPS) is 16.1. The number of methoxy groups -OCH3 is 1. The summed E-state index contributed by atoms with van der Waals surface area (Å²) in [4.78, 5) is 17.8. The Morgan fingerprint density at radius 3 is 2.62 bits per heavy atom. The van der Waals surface area contributed by atoms with Gasteiger partial charge in [-0.3, -0.25) is 4.79 Å². The lowest BCUT2D eigenvalue weighted by Crippen LogP contribution is -2.38. The molecule has 0 saturated carbocycles. The molecule has 0 spiro atoms. The van der Waals surface area contributed by atoms with E-state index in [0.29, 0.717) is 33.8 Å². The minimum atomic E-state index is -0.407. The number of halogens is 1. The number of piperidine rings is 1. The van der Waals surface area contributed by atoms with Gasteiger partial charge in [-0.2, -0.15) is 0 Å². The number of ether oxygens (including phenoxy) is 1. The summed E-state index contributed by atoms with van der Waals surface area (Å²) in [5.41, 5.74) is 3.48. The second-order valence-electron chi connectivity index (χ2n) is 8.58. The van der Waals surface area contributed by atoms with Crippen molar-refractivity contribution < 1.29 is 14.9 Å². The van der Waals surface area contributed by atoms with Crippen LogP contribution in [0.5, 0.6) is 11.5 Å². The fourth-order valence-electron chi connectivity index (χ4n) is 4.61. The Bertz CT molecular complexity index is 1420. The third kappa shape index (κ3) is 4.11. The Labute approximate surface area is 202 Å². The van der Waals surface area contributed by atoms with Crippen molar-refractivity contribution >= 4 is 28.2 Å². The van der Waals surface area contributed by atoms with Gasteiger partial charge in [-0.15, -0.1) is 0 Å². The highest BCUT2D eigenvalue weighted by molar-refractivity contribution is 6.34. The number of hydrogen-bond donors (Lipinski definition) is 3. The summed E-state index contributed by atoms with van der Waals surface area (Å²) in [5.74, 6) is 0.485. The molecule has 1 aliphatic heterocycles. The Balaban J connectivity index is 1.57. The molecule has 5 rings (SSSR count). The van der Waals surface area contributed by atoms with Crippen molar-refractivity contribution in [3.8, 4) is 33.8 Å². The first kappa shape index (κ1) is 22.3. The van der Waals surface area contributed by atoms with E-state index in [9.17, 15) is 15.0 Å². The zero-order valence-corrected chi connectivity index (χ0v) is 19.5. The fraction of sp³-hybridized carbons (Fsp3) is 0.222. The standard InChI is InChI=1S/C27H25ClN2O4/c1-34-20-6-2-4-17(12-20)25-26(32)22-13-21(23(28)14-24(22)29-27(25)33)16-7-9-18(10-8-16)30-11-3-5-19(31)15-30/h2,4,6-10,12-14,19,31H,3,5,11,15H2,1H3,(H2,29,32,33). The van der Waals surface area contributed by atoms with Gasteiger partial charge in [-0.05, 0) is 60.4 Å². The van der Waals surface area contributed by atoms with Gasteiger partial charge in [0.05, 0.1) is 29.3 Å². The lowest BCUT2D eigenvalue weighted by molar-refractivity contribution is 0.154. The van der Waals surface area contributed by atoms with Crippen LogP contribution in [0, 0.1) is 0 Å². The number of H-pyrrole nitrogens is 1. The maximum atomic E-state index is 12.8. The van der Waals surface area contributed by atoms with Gasteiger partial charge in [0.2, 0.25) is 0 Å². The number of benzene rings is 3. The molecule has 0 amide bonds. The first-order valence-electron chi connectivity index (χ1n) is 11.2. The van der Waals surface area contributed by atoms with Crippen LogP contribution in [-0.4, -0.2) is 41.5 Å². The number of rotatable bonds is 4. The quantitative estimate of drug-likeness (QED) is 0.377. The van der Waals surface area contributed by atoms with Crippen molar-refractivity contribution in [1.82, 2.24) is 4.98 Å². The van der Waals surface area contributed by atoms with Gasteiger partial charge >= 0.3 is 0 Å². The number of hydrogen-bond acceptors (Lipinski definition) is 5. The molecule has 3 aromatic carbocycles. The van der Waals surface area contributed by atoms with Crippen LogP contribution in [0.4, 0.5) is 5.69 Å². The van der Waals surface area contributed by atoms with Crippen LogP contribution in [0.1, 0.15) is 12.8 Å². The zero-order valence-electron chi connectivity index (χ0n) is 18.7. The molecule has 2 heterocycles. The first-order valence-corrected chi connectivity index (χ1v) is 11.6. The molecule has 6 nitrogen and oxygen atoms in total. The van der Waals surface area contributed by atoms with Crippen LogP contribution in [0.3, 0.4) is 0 Å². The summed E-state index contributed by atoms with van der Waals surface area (Å²) >= 11 is 6.58. The maximum Gasteiger partial charge on any atom is 0.260 e. The van der Waals surface area contributed by atoms with Gasteiger partial charge < -0.3 is 24.8 Å². The smallest absolute Gasteiger partial charge is 0.260 e. The lowest BCUT2D eigenvalue weighted by atomic mass is 9.99. The average molecular weight is 477 g/mol. The molecule has 0 radical (unpaired) electrons. The number of β-amino-alcohol motifs (C(OH)–C–C–N with tert-alkyl or cyclic N) is 1. The maximum absolute atomic E-state index is 12.8. The molecule has 1 aliphatic rings. The number of aromatic amines is 1. The number of nitrogens with one attached hydrogen (secondary N) is 1. The molecule has 1 saturated heterocycles.